The average molecular weight is 347 g/mol. The molecule has 138 valence electrons. The highest BCUT2D eigenvalue weighted by molar-refractivity contribution is 5.94. The molecule has 2 amide bonds. The Morgan fingerprint density at radius 3 is 2.52 bits per heavy atom. The number of hydrazine groups is 1. The second-order valence-corrected chi connectivity index (χ2v) is 7.24. The lowest BCUT2D eigenvalue weighted by molar-refractivity contribution is 0.00734. The van der Waals surface area contributed by atoms with E-state index in [9.17, 15) is 9.59 Å². The number of carbonyl (C=O) groups is 2. The third-order valence-corrected chi connectivity index (χ3v) is 3.97. The van der Waals surface area contributed by atoms with Crippen LogP contribution in [0.4, 0.5) is 4.79 Å². The van der Waals surface area contributed by atoms with Crippen LogP contribution in [0.3, 0.4) is 0 Å². The number of nitrogens with one attached hydrogen (secondary N) is 1. The first-order valence-corrected chi connectivity index (χ1v) is 8.92. The van der Waals surface area contributed by atoms with Gasteiger partial charge in [-0.1, -0.05) is 12.1 Å². The van der Waals surface area contributed by atoms with Gasteiger partial charge in [0, 0.05) is 31.7 Å². The Bertz CT molecular complexity index is 604. The minimum absolute atomic E-state index is 0.00326. The molecule has 1 N–H and O–H groups in total. The molecule has 2 rings (SSSR count). The summed E-state index contributed by atoms with van der Waals surface area (Å²) in [6.07, 6.45) is 1.80. The molecular weight excluding hydrogens is 318 g/mol. The summed E-state index contributed by atoms with van der Waals surface area (Å²) in [6, 6.07) is 7.38. The highest BCUT2D eigenvalue weighted by Gasteiger charge is 2.24. The number of carbonyl (C=O) groups excluding carboxylic acids is 2. The summed E-state index contributed by atoms with van der Waals surface area (Å²) in [4.78, 5) is 24.6. The van der Waals surface area contributed by atoms with Crippen molar-refractivity contribution in [3.63, 3.8) is 0 Å². The Hall–Kier alpha value is -2.08. The fourth-order valence-electron chi connectivity index (χ4n) is 2.87. The maximum absolute atomic E-state index is 12.8. The van der Waals surface area contributed by atoms with E-state index in [-0.39, 0.29) is 5.91 Å². The molecular formula is C19H29N3O3. The summed E-state index contributed by atoms with van der Waals surface area (Å²) < 4.78 is 5.23. The first-order valence-electron chi connectivity index (χ1n) is 8.92. The summed E-state index contributed by atoms with van der Waals surface area (Å²) in [6.45, 7) is 10.3. The number of amides is 2. The molecule has 0 bridgehead atoms. The Kier molecular flexibility index (Phi) is 6.42. The zero-order valence-electron chi connectivity index (χ0n) is 15.7. The van der Waals surface area contributed by atoms with Crippen molar-refractivity contribution in [3.05, 3.63) is 35.4 Å². The van der Waals surface area contributed by atoms with Gasteiger partial charge in [-0.05, 0) is 58.2 Å². The van der Waals surface area contributed by atoms with Crippen LogP contribution >= 0.6 is 0 Å². The summed E-state index contributed by atoms with van der Waals surface area (Å²) in [5.41, 5.74) is 0.977. The van der Waals surface area contributed by atoms with E-state index in [1.54, 1.807) is 0 Å². The van der Waals surface area contributed by atoms with E-state index in [1.807, 2.05) is 57.0 Å². The quantitative estimate of drug-likeness (QED) is 0.889. The fraction of sp³-hybridized carbons (Fsp3) is 0.579. The predicted octanol–water partition coefficient (Wildman–Crippen LogP) is 3.18. The topological polar surface area (TPSA) is 61.9 Å². The van der Waals surface area contributed by atoms with Crippen LogP contribution in [0.5, 0.6) is 0 Å². The molecule has 1 fully saturated rings. The molecule has 25 heavy (non-hydrogen) atoms. The van der Waals surface area contributed by atoms with Gasteiger partial charge in [0.05, 0.1) is 0 Å². The molecule has 6 heteroatoms. The molecule has 0 spiro atoms. The first-order chi connectivity index (χ1) is 11.8. The molecule has 0 unspecified atom stereocenters. The Balaban J connectivity index is 2.00. The standard InChI is InChI=1S/C19H29N3O3/c1-5-22(21-11-6-7-12-21)17(23)16-10-8-9-15(13-16)14-20-18(24)25-19(2,3)4/h8-10,13H,5-7,11-12,14H2,1-4H3,(H,20,24). The van der Waals surface area contributed by atoms with Gasteiger partial charge in [0.2, 0.25) is 0 Å². The third-order valence-electron chi connectivity index (χ3n) is 3.97. The van der Waals surface area contributed by atoms with Gasteiger partial charge in [-0.2, -0.15) is 0 Å². The third kappa shape index (κ3) is 5.74. The monoisotopic (exact) mass is 347 g/mol. The van der Waals surface area contributed by atoms with Crippen molar-refractivity contribution in [2.24, 2.45) is 0 Å². The lowest BCUT2D eigenvalue weighted by Gasteiger charge is -2.30. The number of ether oxygens (including phenoxy) is 1. The zero-order valence-corrected chi connectivity index (χ0v) is 15.7. The molecule has 1 aliphatic heterocycles. The van der Waals surface area contributed by atoms with E-state index < -0.39 is 11.7 Å². The Labute approximate surface area is 150 Å². The smallest absolute Gasteiger partial charge is 0.407 e. The average Bonchev–Trinajstić information content (AvgIpc) is 3.06. The largest absolute Gasteiger partial charge is 0.444 e. The molecule has 1 aliphatic rings. The minimum Gasteiger partial charge on any atom is -0.444 e. The summed E-state index contributed by atoms with van der Waals surface area (Å²) >= 11 is 0. The van der Waals surface area contributed by atoms with Crippen LogP contribution in [-0.4, -0.2) is 47.3 Å². The maximum atomic E-state index is 12.8. The van der Waals surface area contributed by atoms with Crippen molar-refractivity contribution < 1.29 is 14.3 Å². The lowest BCUT2D eigenvalue weighted by Crippen LogP contribution is -2.44. The summed E-state index contributed by atoms with van der Waals surface area (Å²) in [5, 5.41) is 6.66. The number of nitrogens with zero attached hydrogens (tertiary/aromatic N) is 2. The second-order valence-electron chi connectivity index (χ2n) is 7.24. The Morgan fingerprint density at radius 1 is 1.24 bits per heavy atom. The van der Waals surface area contributed by atoms with Crippen LogP contribution in [0.1, 0.15) is 56.5 Å². The van der Waals surface area contributed by atoms with Crippen LogP contribution in [0.15, 0.2) is 24.3 Å². The molecule has 1 heterocycles. The van der Waals surface area contributed by atoms with Gasteiger partial charge in [-0.25, -0.2) is 9.80 Å². The van der Waals surface area contributed by atoms with E-state index in [4.69, 9.17) is 4.74 Å². The molecule has 0 radical (unpaired) electrons. The number of rotatable bonds is 5. The number of alkyl carbamates (subject to hydrolysis) is 1. The highest BCUT2D eigenvalue weighted by atomic mass is 16.6. The molecule has 0 saturated carbocycles. The summed E-state index contributed by atoms with van der Waals surface area (Å²) in [7, 11) is 0. The van der Waals surface area contributed by atoms with Gasteiger partial charge in [0.1, 0.15) is 5.60 Å². The highest BCUT2D eigenvalue weighted by Crippen LogP contribution is 2.15. The summed E-state index contributed by atoms with van der Waals surface area (Å²) in [5.74, 6) is 0.00326. The van der Waals surface area contributed by atoms with Crippen LogP contribution in [0.25, 0.3) is 0 Å². The predicted molar refractivity (Wildman–Crippen MR) is 97.0 cm³/mol. The minimum atomic E-state index is -0.529. The molecule has 1 saturated heterocycles. The fourth-order valence-corrected chi connectivity index (χ4v) is 2.87. The lowest BCUT2D eigenvalue weighted by atomic mass is 10.1. The van der Waals surface area contributed by atoms with Gasteiger partial charge >= 0.3 is 6.09 Å². The zero-order chi connectivity index (χ0) is 18.4. The van der Waals surface area contributed by atoms with E-state index >= 15 is 0 Å². The molecule has 0 aliphatic carbocycles. The Morgan fingerprint density at radius 2 is 1.92 bits per heavy atom. The first kappa shape index (κ1) is 19.2. The molecule has 1 aromatic carbocycles. The number of hydrogen-bond acceptors (Lipinski definition) is 4. The molecule has 0 atom stereocenters. The molecule has 1 aromatic rings. The van der Waals surface area contributed by atoms with Crippen LogP contribution < -0.4 is 5.32 Å². The van der Waals surface area contributed by atoms with Crippen molar-refractivity contribution in [1.29, 1.82) is 0 Å². The normalized spacial score (nSPS) is 15.0. The van der Waals surface area contributed by atoms with E-state index in [0.717, 1.165) is 31.5 Å². The maximum Gasteiger partial charge on any atom is 0.407 e. The SMILES string of the molecule is CCN(C(=O)c1cccc(CNC(=O)OC(C)(C)C)c1)N1CCCC1. The molecule has 6 nitrogen and oxygen atoms in total. The van der Waals surface area contributed by atoms with Gasteiger partial charge in [0.15, 0.2) is 0 Å². The van der Waals surface area contributed by atoms with E-state index in [1.165, 1.54) is 0 Å². The van der Waals surface area contributed by atoms with Crippen LogP contribution in [-0.2, 0) is 11.3 Å². The van der Waals surface area contributed by atoms with Gasteiger partial charge in [-0.3, -0.25) is 9.80 Å². The van der Waals surface area contributed by atoms with Gasteiger partial charge in [-0.15, -0.1) is 0 Å². The van der Waals surface area contributed by atoms with E-state index in [2.05, 4.69) is 10.3 Å². The van der Waals surface area contributed by atoms with Crippen molar-refractivity contribution in [3.8, 4) is 0 Å². The van der Waals surface area contributed by atoms with Crippen LogP contribution in [0, 0.1) is 0 Å². The second kappa shape index (κ2) is 8.34. The molecule has 0 aromatic heterocycles. The van der Waals surface area contributed by atoms with E-state index in [0.29, 0.717) is 18.7 Å². The van der Waals surface area contributed by atoms with Crippen molar-refractivity contribution >= 4 is 12.0 Å². The van der Waals surface area contributed by atoms with Gasteiger partial charge in [0.25, 0.3) is 5.91 Å². The van der Waals surface area contributed by atoms with Crippen molar-refractivity contribution in [2.45, 2.75) is 52.7 Å². The van der Waals surface area contributed by atoms with Crippen LogP contribution in [0.2, 0.25) is 0 Å². The van der Waals surface area contributed by atoms with Gasteiger partial charge < -0.3 is 10.1 Å². The van der Waals surface area contributed by atoms with Crippen molar-refractivity contribution in [1.82, 2.24) is 15.3 Å². The number of benzene rings is 1. The number of hydrogen-bond donors (Lipinski definition) is 1. The van der Waals surface area contributed by atoms with Crippen molar-refractivity contribution in [2.75, 3.05) is 19.6 Å².